The number of rotatable bonds is 3. The van der Waals surface area contributed by atoms with Crippen LogP contribution in [0.2, 0.25) is 0 Å². The maximum atomic E-state index is 5.31. The van der Waals surface area contributed by atoms with Crippen LogP contribution in [0.4, 0.5) is 0 Å². The van der Waals surface area contributed by atoms with Crippen molar-refractivity contribution in [3.63, 3.8) is 0 Å². The first-order chi connectivity index (χ1) is 10.4. The second-order valence-electron chi connectivity index (χ2n) is 5.39. The molecule has 1 N–H and O–H groups in total. The topological polar surface area (TPSA) is 12.0 Å². The summed E-state index contributed by atoms with van der Waals surface area (Å²) in [5.41, 5.74) is 1.30. The standard InChI is InChI=1S/C20H15N/c1-2-12-21-13-17-9-8-16-7-6-14-4-3-5-15-10-11-18(17)20(16)19(14)15/h1,3-11,21H,12-13H2. The molecule has 100 valence electrons. The summed E-state index contributed by atoms with van der Waals surface area (Å²) in [5, 5.41) is 11.3. The van der Waals surface area contributed by atoms with Gasteiger partial charge in [-0.1, -0.05) is 60.5 Å². The highest BCUT2D eigenvalue weighted by molar-refractivity contribution is 6.23. The van der Waals surface area contributed by atoms with Crippen molar-refractivity contribution < 1.29 is 0 Å². The fourth-order valence-electron chi connectivity index (χ4n) is 3.22. The van der Waals surface area contributed by atoms with E-state index in [1.54, 1.807) is 0 Å². The Bertz CT molecular complexity index is 960. The first kappa shape index (κ1) is 12.2. The van der Waals surface area contributed by atoms with Crippen LogP contribution < -0.4 is 5.32 Å². The van der Waals surface area contributed by atoms with Gasteiger partial charge in [-0.15, -0.1) is 6.42 Å². The van der Waals surface area contributed by atoms with Crippen LogP contribution in [0.15, 0.2) is 54.6 Å². The van der Waals surface area contributed by atoms with Crippen LogP contribution in [0.1, 0.15) is 5.56 Å². The minimum absolute atomic E-state index is 0.599. The van der Waals surface area contributed by atoms with E-state index < -0.39 is 0 Å². The highest BCUT2D eigenvalue weighted by atomic mass is 14.8. The summed E-state index contributed by atoms with van der Waals surface area (Å²) >= 11 is 0. The molecule has 0 aromatic heterocycles. The molecule has 0 aliphatic carbocycles. The van der Waals surface area contributed by atoms with Crippen molar-refractivity contribution in [3.05, 3.63) is 60.2 Å². The fourth-order valence-corrected chi connectivity index (χ4v) is 3.22. The monoisotopic (exact) mass is 269 g/mol. The third-order valence-corrected chi connectivity index (χ3v) is 4.16. The maximum absolute atomic E-state index is 5.31. The second-order valence-corrected chi connectivity index (χ2v) is 5.39. The zero-order chi connectivity index (χ0) is 14.2. The van der Waals surface area contributed by atoms with Crippen LogP contribution in [0.3, 0.4) is 0 Å². The molecule has 1 nitrogen and oxygen atoms in total. The molecule has 4 rings (SSSR count). The highest BCUT2D eigenvalue weighted by Crippen LogP contribution is 2.35. The van der Waals surface area contributed by atoms with Gasteiger partial charge in [0.2, 0.25) is 0 Å². The van der Waals surface area contributed by atoms with Gasteiger partial charge in [0.15, 0.2) is 0 Å². The van der Waals surface area contributed by atoms with Crippen LogP contribution in [0.5, 0.6) is 0 Å². The molecule has 21 heavy (non-hydrogen) atoms. The van der Waals surface area contributed by atoms with E-state index in [1.807, 2.05) is 0 Å². The third kappa shape index (κ3) is 1.85. The molecule has 0 amide bonds. The third-order valence-electron chi connectivity index (χ3n) is 4.16. The van der Waals surface area contributed by atoms with Gasteiger partial charge in [0.1, 0.15) is 0 Å². The molecule has 0 saturated carbocycles. The summed E-state index contributed by atoms with van der Waals surface area (Å²) in [6.45, 7) is 1.40. The Morgan fingerprint density at radius 2 is 1.48 bits per heavy atom. The largest absolute Gasteiger partial charge is 0.302 e. The van der Waals surface area contributed by atoms with E-state index in [9.17, 15) is 0 Å². The van der Waals surface area contributed by atoms with Crippen LogP contribution in [0.25, 0.3) is 32.3 Å². The van der Waals surface area contributed by atoms with Gasteiger partial charge in [-0.05, 0) is 37.9 Å². The first-order valence-corrected chi connectivity index (χ1v) is 7.18. The molecular weight excluding hydrogens is 254 g/mol. The second kappa shape index (κ2) is 4.77. The summed E-state index contributed by atoms with van der Waals surface area (Å²) in [5.74, 6) is 2.63. The predicted octanol–water partition coefficient (Wildman–Crippen LogP) is 4.31. The van der Waals surface area contributed by atoms with Crippen molar-refractivity contribution in [1.29, 1.82) is 0 Å². The maximum Gasteiger partial charge on any atom is 0.0576 e. The molecule has 0 fully saturated rings. The van der Waals surface area contributed by atoms with Crippen molar-refractivity contribution in [2.75, 3.05) is 6.54 Å². The van der Waals surface area contributed by atoms with E-state index >= 15 is 0 Å². The minimum Gasteiger partial charge on any atom is -0.302 e. The van der Waals surface area contributed by atoms with Gasteiger partial charge in [-0.25, -0.2) is 0 Å². The molecule has 0 radical (unpaired) electrons. The van der Waals surface area contributed by atoms with E-state index in [0.717, 1.165) is 6.54 Å². The molecule has 0 saturated heterocycles. The molecule has 0 aliphatic heterocycles. The van der Waals surface area contributed by atoms with Gasteiger partial charge in [0.05, 0.1) is 6.54 Å². The van der Waals surface area contributed by atoms with Crippen molar-refractivity contribution in [2.24, 2.45) is 0 Å². The molecule has 0 aliphatic rings. The van der Waals surface area contributed by atoms with Gasteiger partial charge >= 0.3 is 0 Å². The van der Waals surface area contributed by atoms with Gasteiger partial charge in [0.25, 0.3) is 0 Å². The Morgan fingerprint density at radius 1 is 0.810 bits per heavy atom. The Labute approximate surface area is 123 Å². The molecule has 4 aromatic rings. The lowest BCUT2D eigenvalue weighted by Gasteiger charge is -2.13. The number of nitrogens with one attached hydrogen (secondary N) is 1. The van der Waals surface area contributed by atoms with E-state index in [2.05, 4.69) is 65.8 Å². The van der Waals surface area contributed by atoms with Crippen molar-refractivity contribution in [2.45, 2.75) is 6.54 Å². The molecule has 0 heterocycles. The van der Waals surface area contributed by atoms with Crippen molar-refractivity contribution in [1.82, 2.24) is 5.32 Å². The van der Waals surface area contributed by atoms with Crippen LogP contribution in [-0.2, 0) is 6.54 Å². The van der Waals surface area contributed by atoms with E-state index in [4.69, 9.17) is 6.42 Å². The quantitative estimate of drug-likeness (QED) is 0.332. The molecule has 0 spiro atoms. The lowest BCUT2D eigenvalue weighted by molar-refractivity contribution is 0.775. The predicted molar refractivity (Wildman–Crippen MR) is 90.7 cm³/mol. The Morgan fingerprint density at radius 3 is 2.24 bits per heavy atom. The number of benzene rings is 4. The summed E-state index contributed by atoms with van der Waals surface area (Å²) in [7, 11) is 0. The molecule has 1 heteroatoms. The summed E-state index contributed by atoms with van der Waals surface area (Å²) in [4.78, 5) is 0. The average Bonchev–Trinajstić information content (AvgIpc) is 2.54. The highest BCUT2D eigenvalue weighted by Gasteiger charge is 2.10. The van der Waals surface area contributed by atoms with Crippen LogP contribution in [-0.4, -0.2) is 6.54 Å². The zero-order valence-corrected chi connectivity index (χ0v) is 11.7. The first-order valence-electron chi connectivity index (χ1n) is 7.18. The Balaban J connectivity index is 2.04. The SMILES string of the molecule is C#CCNCc1ccc2ccc3cccc4ccc1c2c34. The molecule has 0 atom stereocenters. The van der Waals surface area contributed by atoms with Gasteiger partial charge in [0, 0.05) is 6.54 Å². The summed E-state index contributed by atoms with van der Waals surface area (Å²) < 4.78 is 0. The molecule has 4 aromatic carbocycles. The van der Waals surface area contributed by atoms with Crippen LogP contribution >= 0.6 is 0 Å². The Hall–Kier alpha value is -2.56. The van der Waals surface area contributed by atoms with Gasteiger partial charge < -0.3 is 5.32 Å². The minimum atomic E-state index is 0.599. The molecule has 0 unspecified atom stereocenters. The summed E-state index contributed by atoms with van der Waals surface area (Å²) in [6.07, 6.45) is 5.31. The van der Waals surface area contributed by atoms with Crippen LogP contribution in [0, 0.1) is 12.3 Å². The van der Waals surface area contributed by atoms with E-state index in [1.165, 1.54) is 37.9 Å². The summed E-state index contributed by atoms with van der Waals surface area (Å²) in [6, 6.07) is 19.8. The number of terminal acetylenes is 1. The van der Waals surface area contributed by atoms with Crippen molar-refractivity contribution in [3.8, 4) is 12.3 Å². The Kier molecular flexibility index (Phi) is 2.77. The smallest absolute Gasteiger partial charge is 0.0576 e. The lowest BCUT2D eigenvalue weighted by atomic mass is 9.92. The fraction of sp³-hybridized carbons (Fsp3) is 0.100. The van der Waals surface area contributed by atoms with Crippen molar-refractivity contribution >= 4 is 32.3 Å². The number of hydrogen-bond acceptors (Lipinski definition) is 1. The zero-order valence-electron chi connectivity index (χ0n) is 11.7. The lowest BCUT2D eigenvalue weighted by Crippen LogP contribution is -2.13. The molecular formula is C20H15N. The normalized spacial score (nSPS) is 11.4. The van der Waals surface area contributed by atoms with Gasteiger partial charge in [-0.2, -0.15) is 0 Å². The van der Waals surface area contributed by atoms with E-state index in [-0.39, 0.29) is 0 Å². The van der Waals surface area contributed by atoms with E-state index in [0.29, 0.717) is 6.54 Å². The average molecular weight is 269 g/mol. The number of hydrogen-bond donors (Lipinski definition) is 1. The molecule has 0 bridgehead atoms. The van der Waals surface area contributed by atoms with Gasteiger partial charge in [-0.3, -0.25) is 0 Å².